The number of carbonyl (C=O) groups excluding carboxylic acids is 2. The van der Waals surface area contributed by atoms with Gasteiger partial charge in [-0.25, -0.2) is 4.39 Å². The number of nitrogens with one attached hydrogen (secondary N) is 1. The van der Waals surface area contributed by atoms with Crippen LogP contribution in [0.4, 0.5) is 4.39 Å². The van der Waals surface area contributed by atoms with E-state index < -0.39 is 0 Å². The molecule has 5 heteroatoms. The molecule has 1 aliphatic heterocycles. The summed E-state index contributed by atoms with van der Waals surface area (Å²) in [6, 6.07) is 6.29. The first-order valence-electron chi connectivity index (χ1n) is 7.36. The van der Waals surface area contributed by atoms with Crippen molar-refractivity contribution in [3.8, 4) is 0 Å². The van der Waals surface area contributed by atoms with Gasteiger partial charge >= 0.3 is 0 Å². The fraction of sp³-hybridized carbons (Fsp3) is 0.500. The zero-order chi connectivity index (χ0) is 15.1. The van der Waals surface area contributed by atoms with E-state index in [9.17, 15) is 14.0 Å². The average molecular weight is 292 g/mol. The van der Waals surface area contributed by atoms with Crippen LogP contribution in [0.5, 0.6) is 0 Å². The third-order valence-electron chi connectivity index (χ3n) is 3.75. The van der Waals surface area contributed by atoms with Crippen LogP contribution in [0.1, 0.15) is 18.4 Å². The second-order valence-corrected chi connectivity index (χ2v) is 5.50. The van der Waals surface area contributed by atoms with E-state index in [0.717, 1.165) is 31.2 Å². The van der Waals surface area contributed by atoms with Gasteiger partial charge in [0.1, 0.15) is 12.1 Å². The number of nitrogens with zero attached hydrogens (tertiary/aromatic N) is 1. The zero-order valence-electron chi connectivity index (χ0n) is 12.1. The van der Waals surface area contributed by atoms with E-state index in [0.29, 0.717) is 26.1 Å². The molecule has 0 aromatic heterocycles. The van der Waals surface area contributed by atoms with Gasteiger partial charge < -0.3 is 10.1 Å². The molecule has 0 spiro atoms. The number of hydrogen-bond donors (Lipinski definition) is 1. The third-order valence-corrected chi connectivity index (χ3v) is 3.75. The van der Waals surface area contributed by atoms with Gasteiger partial charge in [0.25, 0.3) is 0 Å². The summed E-state index contributed by atoms with van der Waals surface area (Å²) >= 11 is 0. The van der Waals surface area contributed by atoms with Crippen LogP contribution in [0.3, 0.4) is 0 Å². The maximum Gasteiger partial charge on any atom is 0.234 e. The van der Waals surface area contributed by atoms with Gasteiger partial charge in [0.2, 0.25) is 5.91 Å². The van der Waals surface area contributed by atoms with Crippen LogP contribution < -0.4 is 5.32 Å². The van der Waals surface area contributed by atoms with Crippen molar-refractivity contribution >= 4 is 12.2 Å². The summed E-state index contributed by atoms with van der Waals surface area (Å²) < 4.78 is 12.8. The van der Waals surface area contributed by atoms with Gasteiger partial charge in [-0.2, -0.15) is 0 Å². The third kappa shape index (κ3) is 5.27. The van der Waals surface area contributed by atoms with Crippen molar-refractivity contribution < 1.29 is 14.0 Å². The lowest BCUT2D eigenvalue weighted by atomic mass is 10.00. The second-order valence-electron chi connectivity index (χ2n) is 5.50. The minimum absolute atomic E-state index is 0.0244. The molecule has 1 aliphatic rings. The SMILES string of the molecule is O=CC1CCCN(CC(=O)NCCc2ccc(F)cc2)C1. The van der Waals surface area contributed by atoms with Crippen molar-refractivity contribution in [1.29, 1.82) is 0 Å². The van der Waals surface area contributed by atoms with Crippen LogP contribution in [-0.2, 0) is 16.0 Å². The standard InChI is InChI=1S/C16H21FN2O2/c17-15-5-3-13(4-6-15)7-8-18-16(21)11-19-9-1-2-14(10-19)12-20/h3-6,12,14H,1-2,7-11H2,(H,18,21). The van der Waals surface area contributed by atoms with E-state index in [2.05, 4.69) is 5.32 Å². The molecule has 1 N–H and O–H groups in total. The lowest BCUT2D eigenvalue weighted by Gasteiger charge is -2.29. The van der Waals surface area contributed by atoms with Gasteiger partial charge in [0.05, 0.1) is 6.54 Å². The molecule has 1 heterocycles. The number of likely N-dealkylation sites (tertiary alicyclic amines) is 1. The van der Waals surface area contributed by atoms with Gasteiger partial charge in [-0.15, -0.1) is 0 Å². The largest absolute Gasteiger partial charge is 0.355 e. The quantitative estimate of drug-likeness (QED) is 0.806. The first-order valence-corrected chi connectivity index (χ1v) is 7.36. The summed E-state index contributed by atoms with van der Waals surface area (Å²) in [6.07, 6.45) is 3.56. The number of carbonyl (C=O) groups is 2. The Morgan fingerprint density at radius 1 is 1.38 bits per heavy atom. The highest BCUT2D eigenvalue weighted by atomic mass is 19.1. The lowest BCUT2D eigenvalue weighted by Crippen LogP contribution is -2.43. The van der Waals surface area contributed by atoms with Gasteiger partial charge in [-0.05, 0) is 43.5 Å². The van der Waals surface area contributed by atoms with Crippen LogP contribution >= 0.6 is 0 Å². The minimum Gasteiger partial charge on any atom is -0.355 e. The highest BCUT2D eigenvalue weighted by molar-refractivity contribution is 5.78. The van der Waals surface area contributed by atoms with Crippen LogP contribution in [-0.4, -0.2) is 43.3 Å². The number of aldehydes is 1. The van der Waals surface area contributed by atoms with E-state index >= 15 is 0 Å². The molecular weight excluding hydrogens is 271 g/mol. The Morgan fingerprint density at radius 2 is 2.14 bits per heavy atom. The first-order chi connectivity index (χ1) is 10.2. The predicted octanol–water partition coefficient (Wildman–Crippen LogP) is 1.40. The highest BCUT2D eigenvalue weighted by Crippen LogP contribution is 2.13. The number of halogens is 1. The lowest BCUT2D eigenvalue weighted by molar-refractivity contribution is -0.123. The maximum absolute atomic E-state index is 12.8. The molecule has 1 aromatic carbocycles. The van der Waals surface area contributed by atoms with Crippen molar-refractivity contribution in [2.75, 3.05) is 26.2 Å². The number of rotatable bonds is 6. The van der Waals surface area contributed by atoms with Crippen molar-refractivity contribution in [2.45, 2.75) is 19.3 Å². The van der Waals surface area contributed by atoms with E-state index in [1.807, 2.05) is 4.90 Å². The van der Waals surface area contributed by atoms with E-state index in [4.69, 9.17) is 0 Å². The van der Waals surface area contributed by atoms with Gasteiger partial charge in [-0.3, -0.25) is 9.69 Å². The summed E-state index contributed by atoms with van der Waals surface area (Å²) in [5.74, 6) is -0.216. The van der Waals surface area contributed by atoms with Gasteiger partial charge in [-0.1, -0.05) is 12.1 Å². The predicted molar refractivity (Wildman–Crippen MR) is 78.3 cm³/mol. The van der Waals surface area contributed by atoms with E-state index in [-0.39, 0.29) is 17.6 Å². The molecule has 1 atom stereocenters. The summed E-state index contributed by atoms with van der Waals surface area (Å²) in [4.78, 5) is 24.7. The molecule has 1 fully saturated rings. The molecule has 1 unspecified atom stereocenters. The summed E-state index contributed by atoms with van der Waals surface area (Å²) in [6.45, 7) is 2.42. The molecule has 1 saturated heterocycles. The Labute approximate surface area is 124 Å². The number of hydrogen-bond acceptors (Lipinski definition) is 3. The molecule has 114 valence electrons. The maximum atomic E-state index is 12.8. The second kappa shape index (κ2) is 7.88. The molecule has 0 aliphatic carbocycles. The molecule has 21 heavy (non-hydrogen) atoms. The molecule has 1 aromatic rings. The fourth-order valence-electron chi connectivity index (χ4n) is 2.60. The van der Waals surface area contributed by atoms with Crippen LogP contribution in [0.25, 0.3) is 0 Å². The zero-order valence-corrected chi connectivity index (χ0v) is 12.1. The van der Waals surface area contributed by atoms with Crippen LogP contribution in [0, 0.1) is 11.7 Å². The molecular formula is C16H21FN2O2. The molecule has 0 radical (unpaired) electrons. The summed E-state index contributed by atoms with van der Waals surface area (Å²) in [5, 5.41) is 2.86. The Hall–Kier alpha value is -1.75. The Balaban J connectivity index is 1.67. The molecule has 4 nitrogen and oxygen atoms in total. The van der Waals surface area contributed by atoms with Crippen molar-refractivity contribution in [2.24, 2.45) is 5.92 Å². The fourth-order valence-corrected chi connectivity index (χ4v) is 2.60. The summed E-state index contributed by atoms with van der Waals surface area (Å²) in [7, 11) is 0. The molecule has 0 saturated carbocycles. The van der Waals surface area contributed by atoms with E-state index in [1.165, 1.54) is 12.1 Å². The van der Waals surface area contributed by atoms with Gasteiger partial charge in [0, 0.05) is 19.0 Å². The molecule has 2 rings (SSSR count). The summed E-state index contributed by atoms with van der Waals surface area (Å²) in [5.41, 5.74) is 0.996. The van der Waals surface area contributed by atoms with Crippen LogP contribution in [0.15, 0.2) is 24.3 Å². The van der Waals surface area contributed by atoms with Crippen molar-refractivity contribution in [3.05, 3.63) is 35.6 Å². The molecule has 1 amide bonds. The normalized spacial score (nSPS) is 19.2. The number of amides is 1. The topological polar surface area (TPSA) is 49.4 Å². The number of benzene rings is 1. The molecule has 0 bridgehead atoms. The Kier molecular flexibility index (Phi) is 5.87. The van der Waals surface area contributed by atoms with Gasteiger partial charge in [0.15, 0.2) is 0 Å². The number of piperidine rings is 1. The average Bonchev–Trinajstić information content (AvgIpc) is 2.49. The highest BCUT2D eigenvalue weighted by Gasteiger charge is 2.20. The van der Waals surface area contributed by atoms with E-state index in [1.54, 1.807) is 12.1 Å². The van der Waals surface area contributed by atoms with Crippen molar-refractivity contribution in [3.63, 3.8) is 0 Å². The Morgan fingerprint density at radius 3 is 2.86 bits per heavy atom. The Bertz CT molecular complexity index is 476. The smallest absolute Gasteiger partial charge is 0.234 e. The monoisotopic (exact) mass is 292 g/mol. The minimum atomic E-state index is -0.252. The first kappa shape index (κ1) is 15.6. The van der Waals surface area contributed by atoms with Crippen molar-refractivity contribution in [1.82, 2.24) is 10.2 Å². The van der Waals surface area contributed by atoms with Crippen LogP contribution in [0.2, 0.25) is 0 Å².